The molecule has 0 aliphatic heterocycles. The number of rotatable bonds is 5. The van der Waals surface area contributed by atoms with Gasteiger partial charge in [0.05, 0.1) is 18.5 Å². The molecule has 0 saturated carbocycles. The second-order valence-corrected chi connectivity index (χ2v) is 4.75. The number of esters is 1. The molecule has 0 unspecified atom stereocenters. The number of amides is 2. The molecule has 24 heavy (non-hydrogen) atoms. The standard InChI is InChI=1S/C13H14N4O6S/c1-23-11(19)6-5-10(18)14-13(24)16-15-12(20)8-3-2-4-9(7-8)17(21)22/h2-4,7H,5-6H2,1H3,(H,15,20)(H2,14,16,18,24). The third-order valence-electron chi connectivity index (χ3n) is 2.65. The van der Waals surface area contributed by atoms with Crippen LogP contribution in [0, 0.1) is 10.1 Å². The van der Waals surface area contributed by atoms with Crippen molar-refractivity contribution in [2.75, 3.05) is 7.11 Å². The summed E-state index contributed by atoms with van der Waals surface area (Å²) >= 11 is 4.79. The fraction of sp³-hybridized carbons (Fsp3) is 0.231. The van der Waals surface area contributed by atoms with E-state index in [9.17, 15) is 24.5 Å². The SMILES string of the molecule is COC(=O)CCC(=O)NC(=S)NNC(=O)c1cccc([N+](=O)[O-])c1. The Morgan fingerprint density at radius 3 is 2.58 bits per heavy atom. The first kappa shape index (κ1) is 19.0. The summed E-state index contributed by atoms with van der Waals surface area (Å²) < 4.78 is 4.39. The van der Waals surface area contributed by atoms with Gasteiger partial charge in [0.1, 0.15) is 0 Å². The van der Waals surface area contributed by atoms with Crippen molar-refractivity contribution in [2.45, 2.75) is 12.8 Å². The summed E-state index contributed by atoms with van der Waals surface area (Å²) in [6.07, 6.45) is -0.238. The van der Waals surface area contributed by atoms with E-state index in [0.29, 0.717) is 0 Å². The molecule has 1 rings (SSSR count). The van der Waals surface area contributed by atoms with Crippen LogP contribution in [-0.2, 0) is 14.3 Å². The van der Waals surface area contributed by atoms with Gasteiger partial charge in [-0.2, -0.15) is 0 Å². The van der Waals surface area contributed by atoms with Crippen molar-refractivity contribution in [3.8, 4) is 0 Å². The lowest BCUT2D eigenvalue weighted by atomic mass is 10.2. The Balaban J connectivity index is 2.45. The molecule has 11 heteroatoms. The van der Waals surface area contributed by atoms with Crippen LogP contribution in [-0.4, -0.2) is 34.9 Å². The Kier molecular flexibility index (Phi) is 7.23. The van der Waals surface area contributed by atoms with Crippen LogP contribution in [0.3, 0.4) is 0 Å². The number of carbonyl (C=O) groups is 3. The minimum absolute atomic E-state index is 0.0384. The van der Waals surface area contributed by atoms with Gasteiger partial charge in [-0.25, -0.2) is 0 Å². The molecule has 0 heterocycles. The topological polar surface area (TPSA) is 140 Å². The summed E-state index contributed by atoms with van der Waals surface area (Å²) in [6, 6.07) is 5.08. The average molecular weight is 354 g/mol. The van der Waals surface area contributed by atoms with Crippen LogP contribution in [0.4, 0.5) is 5.69 Å². The van der Waals surface area contributed by atoms with Gasteiger partial charge >= 0.3 is 5.97 Å². The molecule has 0 fully saturated rings. The Morgan fingerprint density at radius 1 is 1.25 bits per heavy atom. The number of benzene rings is 1. The van der Waals surface area contributed by atoms with Crippen LogP contribution in [0.1, 0.15) is 23.2 Å². The second kappa shape index (κ2) is 9.15. The lowest BCUT2D eigenvalue weighted by Crippen LogP contribution is -2.48. The number of nitro benzene ring substituents is 1. The first-order chi connectivity index (χ1) is 11.3. The summed E-state index contributed by atoms with van der Waals surface area (Å²) in [6.45, 7) is 0. The second-order valence-electron chi connectivity index (χ2n) is 4.34. The highest BCUT2D eigenvalue weighted by Crippen LogP contribution is 2.12. The lowest BCUT2D eigenvalue weighted by Gasteiger charge is -2.10. The summed E-state index contributed by atoms with van der Waals surface area (Å²) in [4.78, 5) is 44.2. The summed E-state index contributed by atoms with van der Waals surface area (Å²) in [5.41, 5.74) is 4.27. The molecular weight excluding hydrogens is 340 g/mol. The summed E-state index contributed by atoms with van der Waals surface area (Å²) in [5, 5.41) is 12.7. The van der Waals surface area contributed by atoms with E-state index in [-0.39, 0.29) is 29.2 Å². The van der Waals surface area contributed by atoms with Crippen molar-refractivity contribution < 1.29 is 24.0 Å². The zero-order valence-corrected chi connectivity index (χ0v) is 13.3. The predicted molar refractivity (Wildman–Crippen MR) is 85.7 cm³/mol. The number of hydrogen-bond acceptors (Lipinski definition) is 7. The van der Waals surface area contributed by atoms with Gasteiger partial charge in [0.15, 0.2) is 5.11 Å². The highest BCUT2D eigenvalue weighted by Gasteiger charge is 2.12. The molecule has 0 aromatic heterocycles. The van der Waals surface area contributed by atoms with Crippen molar-refractivity contribution in [3.63, 3.8) is 0 Å². The smallest absolute Gasteiger partial charge is 0.306 e. The molecule has 0 saturated heterocycles. The van der Waals surface area contributed by atoms with Crippen molar-refractivity contribution >= 4 is 40.8 Å². The molecule has 0 aliphatic rings. The van der Waals surface area contributed by atoms with E-state index >= 15 is 0 Å². The fourth-order valence-electron chi connectivity index (χ4n) is 1.48. The Bertz CT molecular complexity index is 678. The maximum Gasteiger partial charge on any atom is 0.306 e. The van der Waals surface area contributed by atoms with Crippen molar-refractivity contribution in [1.29, 1.82) is 0 Å². The number of nitrogens with zero attached hydrogens (tertiary/aromatic N) is 1. The van der Waals surface area contributed by atoms with E-state index < -0.39 is 22.7 Å². The molecule has 128 valence electrons. The molecular formula is C13H14N4O6S. The van der Waals surface area contributed by atoms with Crippen molar-refractivity contribution in [3.05, 3.63) is 39.9 Å². The van der Waals surface area contributed by atoms with E-state index in [1.165, 1.54) is 25.3 Å². The highest BCUT2D eigenvalue weighted by molar-refractivity contribution is 7.80. The van der Waals surface area contributed by atoms with E-state index in [1.807, 2.05) is 0 Å². The van der Waals surface area contributed by atoms with Gasteiger partial charge in [0.2, 0.25) is 5.91 Å². The zero-order chi connectivity index (χ0) is 18.1. The summed E-state index contributed by atoms with van der Waals surface area (Å²) in [5.74, 6) is -1.75. The number of nitrogens with one attached hydrogen (secondary N) is 3. The number of hydrazine groups is 1. The number of methoxy groups -OCH3 is 1. The zero-order valence-electron chi connectivity index (χ0n) is 12.5. The molecule has 0 bridgehead atoms. The maximum absolute atomic E-state index is 11.8. The van der Waals surface area contributed by atoms with Crippen LogP contribution < -0.4 is 16.2 Å². The van der Waals surface area contributed by atoms with Crippen LogP contribution in [0.15, 0.2) is 24.3 Å². The number of hydrogen-bond donors (Lipinski definition) is 3. The van der Waals surface area contributed by atoms with Crippen LogP contribution in [0.5, 0.6) is 0 Å². The molecule has 1 aromatic rings. The lowest BCUT2D eigenvalue weighted by molar-refractivity contribution is -0.384. The number of nitro groups is 1. The Labute approximate surface area is 141 Å². The first-order valence-electron chi connectivity index (χ1n) is 6.55. The Morgan fingerprint density at radius 2 is 1.96 bits per heavy atom. The van der Waals surface area contributed by atoms with Crippen molar-refractivity contribution in [1.82, 2.24) is 16.2 Å². The molecule has 0 aliphatic carbocycles. The quantitative estimate of drug-likeness (QED) is 0.294. The van der Waals surface area contributed by atoms with Gasteiger partial charge in [-0.05, 0) is 18.3 Å². The van der Waals surface area contributed by atoms with Crippen LogP contribution in [0.2, 0.25) is 0 Å². The number of ether oxygens (including phenoxy) is 1. The Hall–Kier alpha value is -3.08. The van der Waals surface area contributed by atoms with E-state index in [1.54, 1.807) is 0 Å². The fourth-order valence-corrected chi connectivity index (χ4v) is 1.65. The normalized spacial score (nSPS) is 9.54. The van der Waals surface area contributed by atoms with E-state index in [4.69, 9.17) is 12.2 Å². The molecule has 3 N–H and O–H groups in total. The van der Waals surface area contributed by atoms with Gasteiger partial charge in [-0.15, -0.1) is 0 Å². The van der Waals surface area contributed by atoms with Gasteiger partial charge in [0, 0.05) is 24.1 Å². The molecule has 0 radical (unpaired) electrons. The first-order valence-corrected chi connectivity index (χ1v) is 6.95. The highest BCUT2D eigenvalue weighted by atomic mass is 32.1. The minimum atomic E-state index is -0.676. The number of carbonyl (C=O) groups excluding carboxylic acids is 3. The molecule has 2 amide bonds. The summed E-state index contributed by atoms with van der Waals surface area (Å²) in [7, 11) is 1.20. The third-order valence-corrected chi connectivity index (χ3v) is 2.85. The van der Waals surface area contributed by atoms with Crippen molar-refractivity contribution in [2.24, 2.45) is 0 Å². The van der Waals surface area contributed by atoms with Gasteiger partial charge < -0.3 is 10.1 Å². The number of non-ortho nitro benzene ring substituents is 1. The van der Waals surface area contributed by atoms with E-state index in [2.05, 4.69) is 20.9 Å². The molecule has 10 nitrogen and oxygen atoms in total. The predicted octanol–water partition coefficient (Wildman–Crippen LogP) is 0.184. The average Bonchev–Trinajstić information content (AvgIpc) is 2.57. The van der Waals surface area contributed by atoms with Gasteiger partial charge in [0.25, 0.3) is 11.6 Å². The maximum atomic E-state index is 11.8. The number of thiocarbonyl (C=S) groups is 1. The van der Waals surface area contributed by atoms with Crippen LogP contribution in [0.25, 0.3) is 0 Å². The van der Waals surface area contributed by atoms with E-state index in [0.717, 1.165) is 6.07 Å². The third kappa shape index (κ3) is 6.36. The van der Waals surface area contributed by atoms with Crippen LogP contribution >= 0.6 is 12.2 Å². The monoisotopic (exact) mass is 354 g/mol. The largest absolute Gasteiger partial charge is 0.469 e. The molecule has 1 aromatic carbocycles. The minimum Gasteiger partial charge on any atom is -0.469 e. The molecule has 0 spiro atoms. The van der Waals surface area contributed by atoms with Gasteiger partial charge in [-0.1, -0.05) is 6.07 Å². The molecule has 0 atom stereocenters. The van der Waals surface area contributed by atoms with Gasteiger partial charge in [-0.3, -0.25) is 35.3 Å².